The van der Waals surface area contributed by atoms with Gasteiger partial charge in [-0.2, -0.15) is 0 Å². The monoisotopic (exact) mass is 348 g/mol. The van der Waals surface area contributed by atoms with Crippen LogP contribution in [0.1, 0.15) is 25.5 Å². The van der Waals surface area contributed by atoms with E-state index in [-0.39, 0.29) is 10.1 Å². The van der Waals surface area contributed by atoms with Crippen LogP contribution in [-0.4, -0.2) is 24.1 Å². The van der Waals surface area contributed by atoms with Crippen molar-refractivity contribution in [3.63, 3.8) is 0 Å². The lowest BCUT2D eigenvalue weighted by atomic mass is 10.4. The summed E-state index contributed by atoms with van der Waals surface area (Å²) in [4.78, 5) is 8.42. The molecule has 0 aliphatic heterocycles. The van der Waals surface area contributed by atoms with Gasteiger partial charge in [0, 0.05) is 4.47 Å². The van der Waals surface area contributed by atoms with Gasteiger partial charge in [0.2, 0.25) is 14.2 Å². The van der Waals surface area contributed by atoms with Gasteiger partial charge in [-0.3, -0.25) is 0 Å². The van der Waals surface area contributed by atoms with Crippen LogP contribution in [-0.2, 0) is 9.84 Å². The Morgan fingerprint density at radius 2 is 2.11 bits per heavy atom. The third-order valence-electron chi connectivity index (χ3n) is 2.52. The second-order valence-electron chi connectivity index (χ2n) is 4.03. The molecule has 2 aromatic heterocycles. The van der Waals surface area contributed by atoms with Crippen LogP contribution in [0.3, 0.4) is 0 Å². The summed E-state index contributed by atoms with van der Waals surface area (Å²) in [6.07, 6.45) is 1.52. The van der Waals surface area contributed by atoms with Gasteiger partial charge in [0.15, 0.2) is 5.65 Å². The van der Waals surface area contributed by atoms with Crippen LogP contribution < -0.4 is 0 Å². The van der Waals surface area contributed by atoms with E-state index in [0.29, 0.717) is 12.1 Å². The highest BCUT2D eigenvalue weighted by Crippen LogP contribution is 2.28. The Hall–Kier alpha value is -0.530. The second-order valence-corrected chi connectivity index (χ2v) is 8.20. The number of pyridine rings is 1. The largest absolute Gasteiger partial charge is 0.231 e. The Kier molecular flexibility index (Phi) is 4.03. The van der Waals surface area contributed by atoms with E-state index in [1.54, 1.807) is 0 Å². The number of rotatable bonds is 4. The van der Waals surface area contributed by atoms with Crippen LogP contribution in [0.15, 0.2) is 14.9 Å². The van der Waals surface area contributed by atoms with Crippen LogP contribution in [0.2, 0.25) is 0 Å². The Bertz CT molecular complexity index is 641. The molecule has 2 heterocycles. The first-order valence-electron chi connectivity index (χ1n) is 5.60. The number of aromatic nitrogens is 2. The van der Waals surface area contributed by atoms with Crippen LogP contribution >= 0.6 is 27.3 Å². The molecule has 18 heavy (non-hydrogen) atoms. The lowest BCUT2D eigenvalue weighted by molar-refractivity contribution is 0.592. The predicted molar refractivity (Wildman–Crippen MR) is 76.8 cm³/mol. The number of unbranched alkanes of at least 4 members (excludes halogenated alkanes) is 1. The molecule has 0 spiro atoms. The molecule has 0 saturated carbocycles. The topological polar surface area (TPSA) is 59.9 Å². The summed E-state index contributed by atoms with van der Waals surface area (Å²) in [6.45, 7) is 3.82. The van der Waals surface area contributed by atoms with E-state index in [1.807, 2.05) is 19.9 Å². The second kappa shape index (κ2) is 5.22. The third-order valence-corrected chi connectivity index (χ3v) is 6.57. The van der Waals surface area contributed by atoms with Crippen LogP contribution in [0.25, 0.3) is 10.3 Å². The molecule has 0 aliphatic carbocycles. The zero-order chi connectivity index (χ0) is 13.3. The van der Waals surface area contributed by atoms with E-state index in [2.05, 4.69) is 25.9 Å². The van der Waals surface area contributed by atoms with E-state index in [4.69, 9.17) is 0 Å². The van der Waals surface area contributed by atoms with Crippen molar-refractivity contribution in [2.45, 2.75) is 31.0 Å². The molecule has 0 N–H and O–H groups in total. The van der Waals surface area contributed by atoms with Gasteiger partial charge in [0.05, 0.1) is 16.1 Å². The normalized spacial score (nSPS) is 12.2. The summed E-state index contributed by atoms with van der Waals surface area (Å²) in [5.74, 6) is 0.156. The average Bonchev–Trinajstić information content (AvgIpc) is 2.71. The van der Waals surface area contributed by atoms with E-state index >= 15 is 0 Å². The maximum absolute atomic E-state index is 12.0. The van der Waals surface area contributed by atoms with E-state index in [1.165, 1.54) is 11.3 Å². The Morgan fingerprint density at radius 3 is 2.78 bits per heavy atom. The lowest BCUT2D eigenvalue weighted by Gasteiger charge is -1.97. The molecule has 2 aromatic rings. The van der Waals surface area contributed by atoms with Crippen molar-refractivity contribution in [1.82, 2.24) is 9.97 Å². The summed E-state index contributed by atoms with van der Waals surface area (Å²) < 4.78 is 25.9. The molecule has 4 nitrogen and oxygen atoms in total. The van der Waals surface area contributed by atoms with Crippen LogP contribution in [0.5, 0.6) is 0 Å². The van der Waals surface area contributed by atoms with Gasteiger partial charge in [-0.25, -0.2) is 18.4 Å². The standard InChI is InChI=1S/C11H13BrN2O2S2/c1-3-4-5-18(15,16)11-14-10-9(17-11)6-8(12)7(2)13-10/h6H,3-5H2,1-2H3. The summed E-state index contributed by atoms with van der Waals surface area (Å²) >= 11 is 4.57. The van der Waals surface area contributed by atoms with Gasteiger partial charge in [-0.1, -0.05) is 13.3 Å². The Labute approximate surface area is 119 Å². The summed E-state index contributed by atoms with van der Waals surface area (Å²) in [5, 5.41) is 0. The molecule has 0 radical (unpaired) electrons. The number of aryl methyl sites for hydroxylation is 1. The first kappa shape index (κ1) is 13.9. The Morgan fingerprint density at radius 1 is 1.39 bits per heavy atom. The fourth-order valence-corrected chi connectivity index (χ4v) is 4.71. The molecular formula is C11H13BrN2O2S2. The van der Waals surface area contributed by atoms with Gasteiger partial charge in [-0.05, 0) is 35.3 Å². The maximum atomic E-state index is 12.0. The number of nitrogens with zero attached hydrogens (tertiary/aromatic N) is 2. The minimum Gasteiger partial charge on any atom is -0.231 e. The fourth-order valence-electron chi connectivity index (χ4n) is 1.46. The molecule has 0 saturated heterocycles. The van der Waals surface area contributed by atoms with Gasteiger partial charge in [0.25, 0.3) is 0 Å². The molecule has 0 bridgehead atoms. The molecule has 7 heteroatoms. The molecule has 0 aliphatic rings. The van der Waals surface area contributed by atoms with Crippen molar-refractivity contribution < 1.29 is 8.42 Å². The summed E-state index contributed by atoms with van der Waals surface area (Å²) in [6, 6.07) is 1.87. The first-order chi connectivity index (χ1) is 8.44. The third kappa shape index (κ3) is 2.73. The SMILES string of the molecule is CCCCS(=O)(=O)c1nc2nc(C)c(Br)cc2s1. The van der Waals surface area contributed by atoms with Gasteiger partial charge >= 0.3 is 0 Å². The number of sulfone groups is 1. The highest BCUT2D eigenvalue weighted by molar-refractivity contribution is 9.10. The number of thiazole rings is 1. The van der Waals surface area contributed by atoms with E-state index in [0.717, 1.165) is 21.3 Å². The summed E-state index contributed by atoms with van der Waals surface area (Å²) in [5.41, 5.74) is 1.32. The first-order valence-corrected chi connectivity index (χ1v) is 8.86. The van der Waals surface area contributed by atoms with Gasteiger partial charge in [-0.15, -0.1) is 11.3 Å². The number of hydrogen-bond donors (Lipinski definition) is 0. The molecule has 0 amide bonds. The molecule has 0 fully saturated rings. The highest BCUT2D eigenvalue weighted by Gasteiger charge is 2.20. The van der Waals surface area contributed by atoms with Crippen molar-refractivity contribution in [3.05, 3.63) is 16.2 Å². The van der Waals surface area contributed by atoms with Crippen molar-refractivity contribution >= 4 is 47.5 Å². The van der Waals surface area contributed by atoms with Crippen LogP contribution in [0, 0.1) is 6.92 Å². The average molecular weight is 349 g/mol. The van der Waals surface area contributed by atoms with E-state index in [9.17, 15) is 8.42 Å². The zero-order valence-electron chi connectivity index (χ0n) is 10.1. The fraction of sp³-hybridized carbons (Fsp3) is 0.455. The highest BCUT2D eigenvalue weighted by atomic mass is 79.9. The van der Waals surface area contributed by atoms with Crippen molar-refractivity contribution in [2.24, 2.45) is 0 Å². The van der Waals surface area contributed by atoms with Gasteiger partial charge < -0.3 is 0 Å². The number of hydrogen-bond acceptors (Lipinski definition) is 5. The van der Waals surface area contributed by atoms with Gasteiger partial charge in [0.1, 0.15) is 0 Å². The smallest absolute Gasteiger partial charge is 0.211 e. The van der Waals surface area contributed by atoms with E-state index < -0.39 is 9.84 Å². The molecule has 98 valence electrons. The van der Waals surface area contributed by atoms with Crippen LogP contribution in [0.4, 0.5) is 0 Å². The minimum absolute atomic E-state index is 0.156. The quantitative estimate of drug-likeness (QED) is 0.849. The Balaban J connectivity index is 2.47. The number of fused-ring (bicyclic) bond motifs is 1. The predicted octanol–water partition coefficient (Wildman–Crippen LogP) is 3.34. The van der Waals surface area contributed by atoms with Crippen molar-refractivity contribution in [2.75, 3.05) is 5.75 Å². The lowest BCUT2D eigenvalue weighted by Crippen LogP contribution is -2.05. The zero-order valence-corrected chi connectivity index (χ0v) is 13.3. The molecule has 0 atom stereocenters. The maximum Gasteiger partial charge on any atom is 0.211 e. The molecule has 0 unspecified atom stereocenters. The molecular weight excluding hydrogens is 336 g/mol. The van der Waals surface area contributed by atoms with Crippen molar-refractivity contribution in [1.29, 1.82) is 0 Å². The molecule has 2 rings (SSSR count). The minimum atomic E-state index is -3.26. The van der Waals surface area contributed by atoms with Crippen molar-refractivity contribution in [3.8, 4) is 0 Å². The molecule has 0 aromatic carbocycles. The summed E-state index contributed by atoms with van der Waals surface area (Å²) in [7, 11) is -3.26. The number of halogens is 1.